The zero-order valence-corrected chi connectivity index (χ0v) is 12.1. The summed E-state index contributed by atoms with van der Waals surface area (Å²) in [5.41, 5.74) is 1.94. The highest BCUT2D eigenvalue weighted by Gasteiger charge is 2.33. The number of benzene rings is 2. The SMILES string of the molecule is CN1C(=O)C(=O)c2ccc(OCc3cccc(Cl)c3)cc21. The number of hydrogen-bond donors (Lipinski definition) is 0. The summed E-state index contributed by atoms with van der Waals surface area (Å²) in [6, 6.07) is 12.4. The first kappa shape index (κ1) is 13.6. The molecule has 0 N–H and O–H groups in total. The minimum Gasteiger partial charge on any atom is -0.489 e. The van der Waals surface area contributed by atoms with E-state index in [9.17, 15) is 9.59 Å². The predicted octanol–water partition coefficient (Wildman–Crippen LogP) is 3.08. The number of likely N-dealkylation sites (N-methyl/N-ethyl adjacent to an activating group) is 1. The Balaban J connectivity index is 1.80. The van der Waals surface area contributed by atoms with E-state index in [1.165, 1.54) is 4.90 Å². The summed E-state index contributed by atoms with van der Waals surface area (Å²) in [5.74, 6) is -0.394. The van der Waals surface area contributed by atoms with E-state index < -0.39 is 11.7 Å². The monoisotopic (exact) mass is 301 g/mol. The molecule has 0 bridgehead atoms. The van der Waals surface area contributed by atoms with Crippen molar-refractivity contribution in [2.75, 3.05) is 11.9 Å². The minimum atomic E-state index is -0.517. The summed E-state index contributed by atoms with van der Waals surface area (Å²) >= 11 is 5.92. The van der Waals surface area contributed by atoms with Gasteiger partial charge in [0.15, 0.2) is 0 Å². The highest BCUT2D eigenvalue weighted by atomic mass is 35.5. The predicted molar refractivity (Wildman–Crippen MR) is 80.0 cm³/mol. The van der Waals surface area contributed by atoms with Crippen LogP contribution in [-0.4, -0.2) is 18.7 Å². The van der Waals surface area contributed by atoms with Crippen LogP contribution in [0, 0.1) is 0 Å². The van der Waals surface area contributed by atoms with Crippen LogP contribution < -0.4 is 9.64 Å². The van der Waals surface area contributed by atoms with E-state index in [0.29, 0.717) is 28.6 Å². The molecule has 0 saturated carbocycles. The number of fused-ring (bicyclic) bond motifs is 1. The normalized spacial score (nSPS) is 13.5. The number of carbonyl (C=O) groups is 2. The van der Waals surface area contributed by atoms with Gasteiger partial charge in [-0.1, -0.05) is 23.7 Å². The lowest BCUT2D eigenvalue weighted by atomic mass is 10.1. The molecule has 0 saturated heterocycles. The Morgan fingerprint density at radius 1 is 1.14 bits per heavy atom. The summed E-state index contributed by atoms with van der Waals surface area (Å²) in [7, 11) is 1.58. The first-order valence-corrected chi connectivity index (χ1v) is 6.78. The van der Waals surface area contributed by atoms with Gasteiger partial charge in [0, 0.05) is 18.1 Å². The fraction of sp³-hybridized carbons (Fsp3) is 0.125. The van der Waals surface area contributed by atoms with Crippen LogP contribution >= 0.6 is 11.6 Å². The van der Waals surface area contributed by atoms with E-state index in [1.807, 2.05) is 18.2 Å². The minimum absolute atomic E-state index is 0.366. The number of ether oxygens (including phenoxy) is 1. The first-order chi connectivity index (χ1) is 10.1. The number of amides is 1. The van der Waals surface area contributed by atoms with Gasteiger partial charge in [-0.3, -0.25) is 9.59 Å². The number of anilines is 1. The molecule has 21 heavy (non-hydrogen) atoms. The van der Waals surface area contributed by atoms with E-state index in [0.717, 1.165) is 5.56 Å². The fourth-order valence-electron chi connectivity index (χ4n) is 2.24. The highest BCUT2D eigenvalue weighted by molar-refractivity contribution is 6.52. The average molecular weight is 302 g/mol. The van der Waals surface area contributed by atoms with Crippen LogP contribution in [0.4, 0.5) is 5.69 Å². The van der Waals surface area contributed by atoms with E-state index in [1.54, 1.807) is 31.3 Å². The molecule has 1 amide bonds. The van der Waals surface area contributed by atoms with E-state index in [-0.39, 0.29) is 0 Å². The summed E-state index contributed by atoms with van der Waals surface area (Å²) in [5, 5.41) is 0.654. The Labute approximate surface area is 126 Å². The van der Waals surface area contributed by atoms with Crippen molar-refractivity contribution in [3.63, 3.8) is 0 Å². The summed E-state index contributed by atoms with van der Waals surface area (Å²) in [4.78, 5) is 24.6. The number of halogens is 1. The number of hydrogen-bond acceptors (Lipinski definition) is 3. The van der Waals surface area contributed by atoms with Crippen molar-refractivity contribution < 1.29 is 14.3 Å². The molecule has 5 heteroatoms. The van der Waals surface area contributed by atoms with E-state index >= 15 is 0 Å². The molecule has 2 aromatic rings. The number of rotatable bonds is 3. The van der Waals surface area contributed by atoms with Gasteiger partial charge in [0.05, 0.1) is 11.3 Å². The van der Waals surface area contributed by atoms with Crippen LogP contribution in [0.1, 0.15) is 15.9 Å². The Bertz CT molecular complexity index is 742. The van der Waals surface area contributed by atoms with Gasteiger partial charge in [-0.05, 0) is 29.8 Å². The first-order valence-electron chi connectivity index (χ1n) is 6.40. The fourth-order valence-corrected chi connectivity index (χ4v) is 2.45. The topological polar surface area (TPSA) is 46.6 Å². The van der Waals surface area contributed by atoms with Gasteiger partial charge < -0.3 is 9.64 Å². The van der Waals surface area contributed by atoms with E-state index in [2.05, 4.69) is 0 Å². The zero-order chi connectivity index (χ0) is 15.0. The molecule has 1 aliphatic heterocycles. The number of carbonyl (C=O) groups excluding carboxylic acids is 2. The molecule has 1 aliphatic rings. The standard InChI is InChI=1S/C16H12ClNO3/c1-18-14-8-12(5-6-13(14)15(19)16(18)20)21-9-10-3-2-4-11(17)7-10/h2-8H,9H2,1H3. The average Bonchev–Trinajstić information content (AvgIpc) is 2.70. The van der Waals surface area contributed by atoms with Gasteiger partial charge in [-0.25, -0.2) is 0 Å². The molecule has 0 atom stereocenters. The van der Waals surface area contributed by atoms with Crippen molar-refractivity contribution in [2.24, 2.45) is 0 Å². The molecule has 3 rings (SSSR count). The van der Waals surface area contributed by atoms with Gasteiger partial charge in [0.25, 0.3) is 11.7 Å². The molecule has 0 unspecified atom stereocenters. The van der Waals surface area contributed by atoms with Crippen LogP contribution in [-0.2, 0) is 11.4 Å². The summed E-state index contributed by atoms with van der Waals surface area (Å²) in [6.45, 7) is 0.366. The third-order valence-corrected chi connectivity index (χ3v) is 3.60. The molecule has 0 aliphatic carbocycles. The maximum absolute atomic E-state index is 11.7. The van der Waals surface area contributed by atoms with Crippen LogP contribution in [0.2, 0.25) is 5.02 Å². The summed E-state index contributed by atoms with van der Waals surface area (Å²) in [6.07, 6.45) is 0. The molecule has 0 spiro atoms. The Hall–Kier alpha value is -2.33. The Morgan fingerprint density at radius 3 is 2.71 bits per heavy atom. The van der Waals surface area contributed by atoms with Crippen LogP contribution in [0.15, 0.2) is 42.5 Å². The van der Waals surface area contributed by atoms with Gasteiger partial charge in [0.1, 0.15) is 12.4 Å². The third kappa shape index (κ3) is 2.50. The van der Waals surface area contributed by atoms with Crippen molar-refractivity contribution in [3.8, 4) is 5.75 Å². The smallest absolute Gasteiger partial charge is 0.299 e. The molecular weight excluding hydrogens is 290 g/mol. The van der Waals surface area contributed by atoms with E-state index in [4.69, 9.17) is 16.3 Å². The largest absolute Gasteiger partial charge is 0.489 e. The molecule has 0 radical (unpaired) electrons. The molecular formula is C16H12ClNO3. The summed E-state index contributed by atoms with van der Waals surface area (Å²) < 4.78 is 5.68. The molecule has 0 aromatic heterocycles. The molecule has 1 heterocycles. The van der Waals surface area contributed by atoms with Crippen molar-refractivity contribution in [2.45, 2.75) is 6.61 Å². The second-order valence-electron chi connectivity index (χ2n) is 4.79. The van der Waals surface area contributed by atoms with Gasteiger partial charge in [0.2, 0.25) is 0 Å². The zero-order valence-electron chi connectivity index (χ0n) is 11.3. The van der Waals surface area contributed by atoms with Crippen LogP contribution in [0.3, 0.4) is 0 Å². The van der Waals surface area contributed by atoms with Gasteiger partial charge in [-0.2, -0.15) is 0 Å². The number of ketones is 1. The second kappa shape index (κ2) is 5.22. The molecule has 106 valence electrons. The van der Waals surface area contributed by atoms with Crippen molar-refractivity contribution in [3.05, 3.63) is 58.6 Å². The molecule has 0 fully saturated rings. The maximum atomic E-state index is 11.7. The molecule has 2 aromatic carbocycles. The van der Waals surface area contributed by atoms with Crippen molar-refractivity contribution in [1.82, 2.24) is 0 Å². The number of Topliss-reactive ketones (excluding diaryl/α,β-unsaturated/α-hetero) is 1. The maximum Gasteiger partial charge on any atom is 0.299 e. The number of nitrogens with zero attached hydrogens (tertiary/aromatic N) is 1. The van der Waals surface area contributed by atoms with Crippen molar-refractivity contribution in [1.29, 1.82) is 0 Å². The lowest BCUT2D eigenvalue weighted by molar-refractivity contribution is -0.114. The van der Waals surface area contributed by atoms with Crippen LogP contribution in [0.5, 0.6) is 5.75 Å². The lowest BCUT2D eigenvalue weighted by Gasteiger charge is -2.11. The third-order valence-electron chi connectivity index (χ3n) is 3.37. The highest BCUT2D eigenvalue weighted by Crippen LogP contribution is 2.31. The lowest BCUT2D eigenvalue weighted by Crippen LogP contribution is -2.24. The quantitative estimate of drug-likeness (QED) is 0.819. The van der Waals surface area contributed by atoms with Crippen molar-refractivity contribution >= 4 is 29.0 Å². The van der Waals surface area contributed by atoms with Gasteiger partial charge in [-0.15, -0.1) is 0 Å². The molecule has 4 nitrogen and oxygen atoms in total. The van der Waals surface area contributed by atoms with Crippen LogP contribution in [0.25, 0.3) is 0 Å². The van der Waals surface area contributed by atoms with Gasteiger partial charge >= 0.3 is 0 Å². The Kier molecular flexibility index (Phi) is 3.39. The second-order valence-corrected chi connectivity index (χ2v) is 5.23. The Morgan fingerprint density at radius 2 is 1.95 bits per heavy atom.